The average Bonchev–Trinajstić information content (AvgIpc) is 2.19. The van der Waals surface area contributed by atoms with Crippen LogP contribution >= 0.6 is 24.4 Å². The highest BCUT2D eigenvalue weighted by atomic mass is 32.2. The summed E-state index contributed by atoms with van der Waals surface area (Å²) in [4.78, 5) is 0. The second kappa shape index (κ2) is 8.05. The lowest BCUT2D eigenvalue weighted by Crippen LogP contribution is -2.06. The molecule has 0 unspecified atom stereocenters. The van der Waals surface area contributed by atoms with Crippen LogP contribution in [-0.2, 0) is 0 Å². The third kappa shape index (κ3) is 5.90. The van der Waals surface area contributed by atoms with Crippen molar-refractivity contribution in [3.05, 3.63) is 0 Å². The first-order chi connectivity index (χ1) is 6.43. The minimum absolute atomic E-state index is 1.04. The first kappa shape index (κ1) is 11.8. The Labute approximate surface area is 92.7 Å². The van der Waals surface area contributed by atoms with Crippen LogP contribution in [0.1, 0.15) is 44.9 Å². The number of thiol groups is 1. The molecular formula is C11H22S2. The zero-order valence-electron chi connectivity index (χ0n) is 8.50. The summed E-state index contributed by atoms with van der Waals surface area (Å²) in [6.07, 6.45) is 10.4. The van der Waals surface area contributed by atoms with Gasteiger partial charge in [-0.15, -0.1) is 0 Å². The van der Waals surface area contributed by atoms with E-state index in [9.17, 15) is 0 Å². The van der Waals surface area contributed by atoms with E-state index in [1.54, 1.807) is 0 Å². The van der Waals surface area contributed by atoms with E-state index in [1.807, 2.05) is 0 Å². The van der Waals surface area contributed by atoms with Crippen molar-refractivity contribution in [1.82, 2.24) is 0 Å². The van der Waals surface area contributed by atoms with Gasteiger partial charge in [-0.05, 0) is 30.3 Å². The van der Waals surface area contributed by atoms with E-state index < -0.39 is 0 Å². The Morgan fingerprint density at radius 1 is 1.08 bits per heavy atom. The molecule has 1 rings (SSSR count). The number of hydrogen-bond donors (Lipinski definition) is 1. The van der Waals surface area contributed by atoms with Gasteiger partial charge in [0.1, 0.15) is 0 Å². The monoisotopic (exact) mass is 218 g/mol. The van der Waals surface area contributed by atoms with E-state index in [4.69, 9.17) is 0 Å². The van der Waals surface area contributed by atoms with Gasteiger partial charge < -0.3 is 0 Å². The van der Waals surface area contributed by atoms with Crippen LogP contribution in [0.5, 0.6) is 0 Å². The first-order valence-electron chi connectivity index (χ1n) is 5.62. The Morgan fingerprint density at radius 3 is 2.54 bits per heavy atom. The molecule has 1 fully saturated rings. The molecule has 0 aromatic heterocycles. The summed E-state index contributed by atoms with van der Waals surface area (Å²) in [6, 6.07) is 0. The van der Waals surface area contributed by atoms with Crippen LogP contribution in [0.15, 0.2) is 0 Å². The highest BCUT2D eigenvalue weighted by Gasteiger charge is 2.12. The average molecular weight is 218 g/mol. The van der Waals surface area contributed by atoms with Gasteiger partial charge >= 0.3 is 0 Å². The molecule has 0 atom stereocenters. The largest absolute Gasteiger partial charge is 0.179 e. The van der Waals surface area contributed by atoms with Crippen LogP contribution < -0.4 is 0 Å². The Morgan fingerprint density at radius 2 is 1.85 bits per heavy atom. The Kier molecular flexibility index (Phi) is 7.29. The maximum absolute atomic E-state index is 4.20. The molecule has 1 saturated carbocycles. The van der Waals surface area contributed by atoms with Crippen LogP contribution in [0.25, 0.3) is 0 Å². The molecule has 1 aliphatic rings. The van der Waals surface area contributed by atoms with Crippen LogP contribution in [0.2, 0.25) is 0 Å². The fraction of sp³-hybridized carbons (Fsp3) is 1.00. The van der Waals surface area contributed by atoms with Gasteiger partial charge in [0.2, 0.25) is 0 Å². The molecule has 2 heteroatoms. The molecule has 0 heterocycles. The summed E-state index contributed by atoms with van der Waals surface area (Å²) in [6.45, 7) is 0. The minimum Gasteiger partial charge on any atom is -0.179 e. The minimum atomic E-state index is 1.04. The molecule has 0 aromatic rings. The summed E-state index contributed by atoms with van der Waals surface area (Å²) >= 11 is 6.27. The predicted octanol–water partition coefficient (Wildman–Crippen LogP) is 4.01. The molecule has 0 bridgehead atoms. The zero-order chi connectivity index (χ0) is 9.36. The van der Waals surface area contributed by atoms with Crippen molar-refractivity contribution in [1.29, 1.82) is 0 Å². The lowest BCUT2D eigenvalue weighted by Gasteiger charge is -2.21. The topological polar surface area (TPSA) is 0 Å². The van der Waals surface area contributed by atoms with Crippen molar-refractivity contribution in [3.8, 4) is 0 Å². The van der Waals surface area contributed by atoms with E-state index in [0.717, 1.165) is 11.7 Å². The molecule has 78 valence electrons. The van der Waals surface area contributed by atoms with E-state index in [2.05, 4.69) is 24.4 Å². The molecule has 0 radical (unpaired) electrons. The van der Waals surface area contributed by atoms with Gasteiger partial charge in [0, 0.05) is 5.75 Å². The summed E-state index contributed by atoms with van der Waals surface area (Å²) in [7, 11) is 0. The molecule has 0 nitrogen and oxygen atoms in total. The van der Waals surface area contributed by atoms with E-state index >= 15 is 0 Å². The molecule has 0 N–H and O–H groups in total. The fourth-order valence-corrected chi connectivity index (χ4v) is 3.21. The fourth-order valence-electron chi connectivity index (χ4n) is 2.12. The Hall–Kier alpha value is 0.700. The highest BCUT2D eigenvalue weighted by molar-refractivity contribution is 7.99. The SMILES string of the molecule is SCCSCCCC1CCCCC1. The standard InChI is InChI=1S/C11H22S2/c12-8-10-13-9-4-7-11-5-2-1-3-6-11/h11-12H,1-10H2. The summed E-state index contributed by atoms with van der Waals surface area (Å²) < 4.78 is 0. The molecule has 0 amide bonds. The third-order valence-electron chi connectivity index (χ3n) is 2.86. The molecule has 1 aliphatic carbocycles. The molecule has 0 aliphatic heterocycles. The number of rotatable bonds is 6. The number of hydrogen-bond acceptors (Lipinski definition) is 2. The van der Waals surface area contributed by atoms with Gasteiger partial charge in [-0.25, -0.2) is 0 Å². The van der Waals surface area contributed by atoms with E-state index in [1.165, 1.54) is 56.5 Å². The number of thioether (sulfide) groups is 1. The molecule has 0 spiro atoms. The van der Waals surface area contributed by atoms with E-state index in [0.29, 0.717) is 0 Å². The maximum atomic E-state index is 4.20. The van der Waals surface area contributed by atoms with Gasteiger partial charge in [-0.2, -0.15) is 24.4 Å². The van der Waals surface area contributed by atoms with Gasteiger partial charge in [-0.1, -0.05) is 32.1 Å². The van der Waals surface area contributed by atoms with Crippen LogP contribution in [0, 0.1) is 5.92 Å². The lowest BCUT2D eigenvalue weighted by atomic mass is 9.86. The van der Waals surface area contributed by atoms with Crippen molar-refractivity contribution < 1.29 is 0 Å². The second-order valence-corrected chi connectivity index (χ2v) is 5.65. The van der Waals surface area contributed by atoms with Crippen molar-refractivity contribution in [2.75, 3.05) is 17.3 Å². The van der Waals surface area contributed by atoms with E-state index in [-0.39, 0.29) is 0 Å². The third-order valence-corrected chi connectivity index (χ3v) is 4.46. The Bertz CT molecular complexity index is 109. The molecule has 13 heavy (non-hydrogen) atoms. The first-order valence-corrected chi connectivity index (χ1v) is 7.41. The Balaban J connectivity index is 1.86. The second-order valence-electron chi connectivity index (χ2n) is 3.98. The van der Waals surface area contributed by atoms with Crippen LogP contribution in [0.3, 0.4) is 0 Å². The van der Waals surface area contributed by atoms with Crippen LogP contribution in [-0.4, -0.2) is 17.3 Å². The lowest BCUT2D eigenvalue weighted by molar-refractivity contribution is 0.337. The van der Waals surface area contributed by atoms with Crippen LogP contribution in [0.4, 0.5) is 0 Å². The van der Waals surface area contributed by atoms with Gasteiger partial charge in [0.25, 0.3) is 0 Å². The summed E-state index contributed by atoms with van der Waals surface area (Å²) in [5.74, 6) is 4.70. The van der Waals surface area contributed by atoms with Crippen molar-refractivity contribution in [2.45, 2.75) is 44.9 Å². The molecule has 0 aromatic carbocycles. The van der Waals surface area contributed by atoms with Gasteiger partial charge in [-0.3, -0.25) is 0 Å². The zero-order valence-corrected chi connectivity index (χ0v) is 10.2. The normalized spacial score (nSPS) is 19.2. The summed E-state index contributed by atoms with van der Waals surface area (Å²) in [5, 5.41) is 0. The predicted molar refractivity (Wildman–Crippen MR) is 67.0 cm³/mol. The van der Waals surface area contributed by atoms with Crippen molar-refractivity contribution in [3.63, 3.8) is 0 Å². The highest BCUT2D eigenvalue weighted by Crippen LogP contribution is 2.27. The van der Waals surface area contributed by atoms with Crippen molar-refractivity contribution >= 4 is 24.4 Å². The quantitative estimate of drug-likeness (QED) is 0.519. The smallest absolute Gasteiger partial charge is 0.00210 e. The summed E-state index contributed by atoms with van der Waals surface area (Å²) in [5.41, 5.74) is 0. The van der Waals surface area contributed by atoms with Gasteiger partial charge in [0.05, 0.1) is 0 Å². The van der Waals surface area contributed by atoms with Gasteiger partial charge in [0.15, 0.2) is 0 Å². The van der Waals surface area contributed by atoms with Crippen molar-refractivity contribution in [2.24, 2.45) is 5.92 Å². The molecule has 0 saturated heterocycles. The molecular weight excluding hydrogens is 196 g/mol. The maximum Gasteiger partial charge on any atom is 0.00210 e.